The number of aliphatic hydroxyl groups is 1. The first-order valence-corrected chi connectivity index (χ1v) is 9.21. The zero-order chi connectivity index (χ0) is 17.0. The lowest BCUT2D eigenvalue weighted by atomic mass is 9.89. The largest absolute Gasteiger partial charge is 0.494 e. The maximum Gasteiger partial charge on any atom is 0.119 e. The van der Waals surface area contributed by atoms with E-state index in [4.69, 9.17) is 4.74 Å². The Bertz CT molecular complexity index is 390. The molecule has 1 aromatic rings. The van der Waals surface area contributed by atoms with Crippen molar-refractivity contribution in [3.05, 3.63) is 29.8 Å². The summed E-state index contributed by atoms with van der Waals surface area (Å²) in [5.41, 5.74) is 1.13. The summed E-state index contributed by atoms with van der Waals surface area (Å²) in [6.07, 6.45) is 9.16. The van der Waals surface area contributed by atoms with Crippen LogP contribution in [0.3, 0.4) is 0 Å². The van der Waals surface area contributed by atoms with E-state index < -0.39 is 0 Å². The van der Waals surface area contributed by atoms with E-state index in [0.717, 1.165) is 38.0 Å². The van der Waals surface area contributed by atoms with Gasteiger partial charge in [0.15, 0.2) is 0 Å². The summed E-state index contributed by atoms with van der Waals surface area (Å²) in [6, 6.07) is 8.40. The standard InChI is InChI=1S/C20H35NO2/c1-4-6-7-8-9-16-23-19-12-10-18(11-13-19)14-15-20(5-2,17-22)21-3/h10-13,21-22H,4-9,14-17H2,1-3H3/t20-/m1/s1. The van der Waals surface area contributed by atoms with Crippen LogP contribution in [-0.4, -0.2) is 30.9 Å². The second kappa shape index (κ2) is 11.5. The first kappa shape index (κ1) is 20.0. The minimum absolute atomic E-state index is 0.159. The molecule has 0 aliphatic rings. The van der Waals surface area contributed by atoms with Crippen molar-refractivity contribution in [3.8, 4) is 5.75 Å². The molecular formula is C20H35NO2. The van der Waals surface area contributed by atoms with Crippen molar-refractivity contribution < 1.29 is 9.84 Å². The van der Waals surface area contributed by atoms with Crippen LogP contribution in [0.25, 0.3) is 0 Å². The summed E-state index contributed by atoms with van der Waals surface area (Å²) in [4.78, 5) is 0. The molecule has 132 valence electrons. The van der Waals surface area contributed by atoms with Gasteiger partial charge in [0.05, 0.1) is 13.2 Å². The summed E-state index contributed by atoms with van der Waals surface area (Å²) < 4.78 is 5.80. The molecule has 1 rings (SSSR count). The Morgan fingerprint density at radius 3 is 2.30 bits per heavy atom. The number of likely N-dealkylation sites (N-methyl/N-ethyl adjacent to an activating group) is 1. The zero-order valence-corrected chi connectivity index (χ0v) is 15.2. The first-order valence-electron chi connectivity index (χ1n) is 9.21. The van der Waals surface area contributed by atoms with Crippen LogP contribution < -0.4 is 10.1 Å². The third kappa shape index (κ3) is 7.36. The number of rotatable bonds is 13. The molecule has 0 aliphatic carbocycles. The Kier molecular flexibility index (Phi) is 9.97. The Morgan fingerprint density at radius 1 is 1.04 bits per heavy atom. The Labute approximate surface area is 142 Å². The zero-order valence-electron chi connectivity index (χ0n) is 15.2. The average Bonchev–Trinajstić information content (AvgIpc) is 2.61. The first-order chi connectivity index (χ1) is 11.2. The molecule has 1 atom stereocenters. The van der Waals surface area contributed by atoms with E-state index in [-0.39, 0.29) is 12.1 Å². The second-order valence-corrected chi connectivity index (χ2v) is 6.45. The molecule has 0 amide bonds. The molecule has 0 aromatic heterocycles. The molecule has 0 unspecified atom stereocenters. The van der Waals surface area contributed by atoms with Gasteiger partial charge in [0.25, 0.3) is 0 Å². The van der Waals surface area contributed by atoms with Crippen LogP contribution in [0.4, 0.5) is 0 Å². The monoisotopic (exact) mass is 321 g/mol. The van der Waals surface area contributed by atoms with E-state index in [1.54, 1.807) is 0 Å². The third-order valence-electron chi connectivity index (χ3n) is 4.84. The highest BCUT2D eigenvalue weighted by Crippen LogP contribution is 2.19. The molecule has 0 bridgehead atoms. The second-order valence-electron chi connectivity index (χ2n) is 6.45. The summed E-state index contributed by atoms with van der Waals surface area (Å²) in [6.45, 7) is 5.34. The maximum absolute atomic E-state index is 9.59. The van der Waals surface area contributed by atoms with Crippen molar-refractivity contribution in [2.45, 2.75) is 70.8 Å². The van der Waals surface area contributed by atoms with Crippen LogP contribution in [0.2, 0.25) is 0 Å². The fourth-order valence-electron chi connectivity index (χ4n) is 2.78. The fourth-order valence-corrected chi connectivity index (χ4v) is 2.78. The number of unbranched alkanes of at least 4 members (excludes halogenated alkanes) is 4. The van der Waals surface area contributed by atoms with Crippen molar-refractivity contribution >= 4 is 0 Å². The molecule has 0 spiro atoms. The summed E-state index contributed by atoms with van der Waals surface area (Å²) >= 11 is 0. The van der Waals surface area contributed by atoms with Crippen molar-refractivity contribution in [1.82, 2.24) is 5.32 Å². The molecule has 0 radical (unpaired) electrons. The molecule has 1 aromatic carbocycles. The highest BCUT2D eigenvalue weighted by Gasteiger charge is 2.24. The van der Waals surface area contributed by atoms with Crippen LogP contribution in [0.15, 0.2) is 24.3 Å². The van der Waals surface area contributed by atoms with Gasteiger partial charge in [0, 0.05) is 5.54 Å². The quantitative estimate of drug-likeness (QED) is 0.531. The van der Waals surface area contributed by atoms with Crippen molar-refractivity contribution in [1.29, 1.82) is 0 Å². The van der Waals surface area contributed by atoms with Gasteiger partial charge in [-0.1, -0.05) is 51.7 Å². The van der Waals surface area contributed by atoms with E-state index in [2.05, 4.69) is 43.4 Å². The maximum atomic E-state index is 9.59. The van der Waals surface area contributed by atoms with E-state index >= 15 is 0 Å². The topological polar surface area (TPSA) is 41.5 Å². The molecule has 3 heteroatoms. The average molecular weight is 322 g/mol. The molecule has 0 heterocycles. The van der Waals surface area contributed by atoms with Gasteiger partial charge in [-0.05, 0) is 50.4 Å². The summed E-state index contributed by atoms with van der Waals surface area (Å²) in [5, 5.41) is 12.9. The predicted molar refractivity (Wildman–Crippen MR) is 98.2 cm³/mol. The van der Waals surface area contributed by atoms with Gasteiger partial charge in [0.1, 0.15) is 5.75 Å². The van der Waals surface area contributed by atoms with Gasteiger partial charge in [-0.3, -0.25) is 0 Å². The molecule has 0 fully saturated rings. The number of hydrogen-bond donors (Lipinski definition) is 2. The minimum atomic E-state index is -0.159. The van der Waals surface area contributed by atoms with Crippen LogP contribution in [0.1, 0.15) is 64.4 Å². The van der Waals surface area contributed by atoms with E-state index in [9.17, 15) is 5.11 Å². The van der Waals surface area contributed by atoms with E-state index in [1.165, 1.54) is 31.2 Å². The van der Waals surface area contributed by atoms with Crippen molar-refractivity contribution in [3.63, 3.8) is 0 Å². The molecular weight excluding hydrogens is 286 g/mol. The Balaban J connectivity index is 2.33. The number of hydrogen-bond acceptors (Lipinski definition) is 3. The number of aryl methyl sites for hydroxylation is 1. The number of nitrogens with one attached hydrogen (secondary N) is 1. The van der Waals surface area contributed by atoms with Crippen molar-refractivity contribution in [2.24, 2.45) is 0 Å². The van der Waals surface area contributed by atoms with Gasteiger partial charge < -0.3 is 15.2 Å². The lowest BCUT2D eigenvalue weighted by Crippen LogP contribution is -2.46. The predicted octanol–water partition coefficient (Wildman–Crippen LogP) is 4.33. The summed E-state index contributed by atoms with van der Waals surface area (Å²) in [5.74, 6) is 0.960. The van der Waals surface area contributed by atoms with Gasteiger partial charge in [-0.15, -0.1) is 0 Å². The minimum Gasteiger partial charge on any atom is -0.494 e. The molecule has 0 saturated carbocycles. The molecule has 0 saturated heterocycles. The highest BCUT2D eigenvalue weighted by atomic mass is 16.5. The van der Waals surface area contributed by atoms with Crippen LogP contribution in [-0.2, 0) is 6.42 Å². The van der Waals surface area contributed by atoms with Gasteiger partial charge in [-0.25, -0.2) is 0 Å². The highest BCUT2D eigenvalue weighted by molar-refractivity contribution is 5.27. The van der Waals surface area contributed by atoms with E-state index in [0.29, 0.717) is 0 Å². The van der Waals surface area contributed by atoms with Crippen LogP contribution in [0.5, 0.6) is 5.75 Å². The SMILES string of the molecule is CCCCCCCOc1ccc(CC[C@](CC)(CO)NC)cc1. The summed E-state index contributed by atoms with van der Waals surface area (Å²) in [7, 11) is 1.93. The number of ether oxygens (including phenoxy) is 1. The molecule has 2 N–H and O–H groups in total. The Hall–Kier alpha value is -1.06. The van der Waals surface area contributed by atoms with Gasteiger partial charge in [-0.2, -0.15) is 0 Å². The lowest BCUT2D eigenvalue weighted by Gasteiger charge is -2.30. The third-order valence-corrected chi connectivity index (χ3v) is 4.84. The number of benzene rings is 1. The van der Waals surface area contributed by atoms with Gasteiger partial charge in [0.2, 0.25) is 0 Å². The molecule has 3 nitrogen and oxygen atoms in total. The Morgan fingerprint density at radius 2 is 1.74 bits per heavy atom. The normalized spacial score (nSPS) is 13.7. The smallest absolute Gasteiger partial charge is 0.119 e. The van der Waals surface area contributed by atoms with Crippen LogP contribution >= 0.6 is 0 Å². The van der Waals surface area contributed by atoms with E-state index in [1.807, 2.05) is 7.05 Å². The number of aliphatic hydroxyl groups excluding tert-OH is 1. The molecule has 23 heavy (non-hydrogen) atoms. The van der Waals surface area contributed by atoms with Gasteiger partial charge >= 0.3 is 0 Å². The fraction of sp³-hybridized carbons (Fsp3) is 0.700. The van der Waals surface area contributed by atoms with Crippen molar-refractivity contribution in [2.75, 3.05) is 20.3 Å². The molecule has 0 aliphatic heterocycles. The lowest BCUT2D eigenvalue weighted by molar-refractivity contribution is 0.155. The van der Waals surface area contributed by atoms with Crippen LogP contribution in [0, 0.1) is 0 Å².